The monoisotopic (exact) mass is 475 g/mol. The van der Waals surface area contributed by atoms with Crippen LogP contribution < -0.4 is 0 Å². The van der Waals surface area contributed by atoms with Crippen LogP contribution in [0.4, 0.5) is 0 Å². The molecule has 0 N–H and O–H groups in total. The van der Waals surface area contributed by atoms with Crippen LogP contribution in [0.1, 0.15) is 20.8 Å². The van der Waals surface area contributed by atoms with Crippen LogP contribution in [0, 0.1) is 39.5 Å². The third-order valence-corrected chi connectivity index (χ3v) is 5.91. The average molecular weight is 474 g/mol. The zero-order chi connectivity index (χ0) is 10.9. The van der Waals surface area contributed by atoms with Gasteiger partial charge in [0.1, 0.15) is 0 Å². The van der Waals surface area contributed by atoms with Gasteiger partial charge in [-0.15, -0.1) is 0 Å². The molecule has 6 heteroatoms. The van der Waals surface area contributed by atoms with Gasteiger partial charge in [0, 0.05) is 0 Å². The second-order valence-electron chi connectivity index (χ2n) is 2.94. The minimum Gasteiger partial charge on any atom is -0.373 e. The molecular formula is C7H16N4ReXe-. The van der Waals surface area contributed by atoms with Gasteiger partial charge in [-0.1, -0.05) is 0 Å². The predicted octanol–water partition coefficient (Wildman–Crippen LogP) is 2.55. The molecule has 0 aromatic heterocycles. The number of rotatable bonds is 4. The molecule has 0 saturated carbocycles. The summed E-state index contributed by atoms with van der Waals surface area (Å²) in [4.78, 5) is 3.95. The second kappa shape index (κ2) is 11.6. The van der Waals surface area contributed by atoms with Gasteiger partial charge < -0.3 is 11.1 Å². The Balaban J connectivity index is 0. The van der Waals surface area contributed by atoms with Crippen LogP contribution in [0.3, 0.4) is 0 Å². The minimum atomic E-state index is 0.672. The van der Waals surface area contributed by atoms with E-state index in [0.717, 1.165) is 6.04 Å². The summed E-state index contributed by atoms with van der Waals surface area (Å²) >= 11 is 0.672. The van der Waals surface area contributed by atoms with Crippen molar-refractivity contribution in [3.8, 4) is 0 Å². The van der Waals surface area contributed by atoms with Crippen LogP contribution in [0.15, 0.2) is 0 Å². The van der Waals surface area contributed by atoms with Crippen molar-refractivity contribution in [1.82, 2.24) is 4.90 Å². The first kappa shape index (κ1) is 16.9. The Bertz CT molecular complexity index is 147. The van der Waals surface area contributed by atoms with Crippen molar-refractivity contribution in [1.29, 1.82) is 0 Å². The third kappa shape index (κ3) is 11.4. The Kier molecular flexibility index (Phi) is 15.1. The molecule has 13 heavy (non-hydrogen) atoms. The molecular weight excluding hydrogens is 458 g/mol. The van der Waals surface area contributed by atoms with Crippen LogP contribution in [0.5, 0.6) is 0 Å². The van der Waals surface area contributed by atoms with Crippen LogP contribution in [-0.2, 0) is 9.49 Å². The zero-order valence-electron chi connectivity index (χ0n) is 8.38. The molecule has 80 valence electrons. The van der Waals surface area contributed by atoms with Gasteiger partial charge >= 0.3 is 94.7 Å². The third-order valence-electron chi connectivity index (χ3n) is 1.77. The Morgan fingerprint density at radius 1 is 1.38 bits per heavy atom. The van der Waals surface area contributed by atoms with Gasteiger partial charge in [0.25, 0.3) is 0 Å². The van der Waals surface area contributed by atoms with Crippen molar-refractivity contribution in [2.75, 3.05) is 7.05 Å². The van der Waals surface area contributed by atoms with E-state index in [2.05, 4.69) is 32.7 Å². The molecule has 0 aliphatic carbocycles. The van der Waals surface area contributed by atoms with E-state index >= 15 is 0 Å². The molecule has 0 amide bonds. The van der Waals surface area contributed by atoms with Crippen molar-refractivity contribution in [2.24, 2.45) is 0 Å². The van der Waals surface area contributed by atoms with E-state index < -0.39 is 0 Å². The van der Waals surface area contributed by atoms with Gasteiger partial charge in [-0.25, -0.2) is 0 Å². The first-order valence-electron chi connectivity index (χ1n) is 3.89. The molecule has 0 aliphatic heterocycles. The van der Waals surface area contributed by atoms with Gasteiger partial charge in [0.2, 0.25) is 0 Å². The van der Waals surface area contributed by atoms with Gasteiger partial charge in [0.15, 0.2) is 0 Å². The molecule has 1 atom stereocenters. The topological polar surface area (TPSA) is 61.9 Å². The molecule has 0 aromatic rings. The summed E-state index contributed by atoms with van der Waals surface area (Å²) in [7, 11) is 4.20. The summed E-state index contributed by atoms with van der Waals surface area (Å²) in [6, 6.07) is 1.50. The predicted molar refractivity (Wildman–Crippen MR) is 47.2 cm³/mol. The molecule has 0 saturated heterocycles. The van der Waals surface area contributed by atoms with E-state index in [-0.39, 0.29) is 0 Å². The SMILES string of the molecule is CC(C)N(C)C(C)C[Xe][Re].[N-]=[N+]=[N-]. The molecule has 0 spiro atoms. The van der Waals surface area contributed by atoms with Crippen molar-refractivity contribution >= 4 is 0 Å². The van der Waals surface area contributed by atoms with E-state index in [9.17, 15) is 0 Å². The van der Waals surface area contributed by atoms with Gasteiger partial charge in [-0.3, -0.25) is 4.91 Å². The fourth-order valence-corrected chi connectivity index (χ4v) is 5.53. The van der Waals surface area contributed by atoms with Gasteiger partial charge in [-0.05, 0) is 0 Å². The van der Waals surface area contributed by atoms with Crippen LogP contribution in [0.25, 0.3) is 16.0 Å². The molecule has 0 aliphatic rings. The maximum Gasteiger partial charge on any atom is -0.255 e. The molecule has 0 aromatic carbocycles. The summed E-state index contributed by atoms with van der Waals surface area (Å²) in [6.07, 6.45) is 0. The van der Waals surface area contributed by atoms with Crippen LogP contribution >= 0.6 is 0 Å². The van der Waals surface area contributed by atoms with Crippen LogP contribution in [-0.4, -0.2) is 24.0 Å². The molecule has 0 heterocycles. The summed E-state index contributed by atoms with van der Waals surface area (Å²) in [5.74, 6) is 0. The average Bonchev–Trinajstić information content (AvgIpc) is 2.04. The van der Waals surface area contributed by atoms with E-state index in [4.69, 9.17) is 11.1 Å². The fraction of sp³-hybridized carbons (Fsp3) is 1.00. The Morgan fingerprint density at radius 3 is 2.00 bits per heavy atom. The van der Waals surface area contributed by atoms with E-state index in [1.165, 1.54) is 5.80 Å². The summed E-state index contributed by atoms with van der Waals surface area (Å²) < 4.78 is 1.43. The first-order chi connectivity index (χ1) is 6.01. The summed E-state index contributed by atoms with van der Waals surface area (Å²) in [5.41, 5.74) is 13.5. The molecule has 0 bridgehead atoms. The Morgan fingerprint density at radius 2 is 1.77 bits per heavy atom. The minimum absolute atomic E-state index is 0.672. The van der Waals surface area contributed by atoms with E-state index in [1.807, 2.05) is 9.49 Å². The van der Waals surface area contributed by atoms with E-state index in [0.29, 0.717) is 45.5 Å². The van der Waals surface area contributed by atoms with Crippen molar-refractivity contribution in [3.05, 3.63) is 16.0 Å². The summed E-state index contributed by atoms with van der Waals surface area (Å²) in [6.45, 7) is 6.84. The van der Waals surface area contributed by atoms with Gasteiger partial charge in [-0.2, -0.15) is 0 Å². The maximum atomic E-state index is 6.75. The van der Waals surface area contributed by atoms with Gasteiger partial charge in [0.05, 0.1) is 0 Å². The maximum absolute atomic E-state index is 6.75. The molecule has 4 nitrogen and oxygen atoms in total. The number of hydrogen-bond donors (Lipinski definition) is 0. The van der Waals surface area contributed by atoms with Crippen molar-refractivity contribution < 1.29 is 49.0 Å². The normalized spacial score (nSPS) is 12.2. The molecule has 0 radical (unpaired) electrons. The van der Waals surface area contributed by atoms with Crippen molar-refractivity contribution in [3.63, 3.8) is 0 Å². The Labute approximate surface area is 109 Å². The van der Waals surface area contributed by atoms with E-state index in [1.54, 1.807) is 0 Å². The molecule has 0 rings (SSSR count). The second-order valence-corrected chi connectivity index (χ2v) is 8.85. The number of nitrogens with zero attached hydrogens (tertiary/aromatic N) is 4. The number of hydrogen-bond acceptors (Lipinski definition) is 1. The molecule has 1 unspecified atom stereocenters. The smallest absolute Gasteiger partial charge is 0.255 e. The quantitative estimate of drug-likeness (QED) is 0.352. The fourth-order valence-electron chi connectivity index (χ4n) is 0.690. The molecule has 0 fully saturated rings. The largest absolute Gasteiger partial charge is 0.373 e. The van der Waals surface area contributed by atoms with Crippen LogP contribution in [0.2, 0.25) is 0.889 Å². The standard InChI is InChI=1S/C7H16NXe.N3.Re/c1-6(2)8(4)7(3)5-9;1-3-2;/h6-7H,5H2,1-4H3;;/q;-1;. The first-order valence-corrected chi connectivity index (χ1v) is 12.5. The summed E-state index contributed by atoms with van der Waals surface area (Å²) in [5, 5.41) is 0. The van der Waals surface area contributed by atoms with Crippen molar-refractivity contribution in [2.45, 2.75) is 33.7 Å². The Hall–Kier alpha value is 1.50. The zero-order valence-corrected chi connectivity index (χ0v) is 13.1.